The van der Waals surface area contributed by atoms with Crippen molar-refractivity contribution >= 4 is 11.6 Å². The van der Waals surface area contributed by atoms with E-state index in [0.29, 0.717) is 0 Å². The van der Waals surface area contributed by atoms with Gasteiger partial charge in [-0.2, -0.15) is 0 Å². The molecule has 0 spiro atoms. The van der Waals surface area contributed by atoms with Crippen LogP contribution in [0.1, 0.15) is 88.3 Å². The number of methoxy groups -OCH3 is 1. The number of aromatic hydroxyl groups is 1. The number of rotatable bonds is 4. The zero-order chi connectivity index (χ0) is 26.8. The van der Waals surface area contributed by atoms with Gasteiger partial charge in [0.25, 0.3) is 0 Å². The highest BCUT2D eigenvalue weighted by Crippen LogP contribution is 2.52. The molecule has 2 aromatic carbocycles. The first kappa shape index (κ1) is 25.8. The molecule has 2 aliphatic carbocycles. The van der Waals surface area contributed by atoms with Gasteiger partial charge < -0.3 is 40.4 Å². The van der Waals surface area contributed by atoms with Crippen molar-refractivity contribution in [3.63, 3.8) is 0 Å². The van der Waals surface area contributed by atoms with Crippen LogP contribution >= 0.6 is 0 Å². The van der Waals surface area contributed by atoms with E-state index in [4.69, 9.17) is 19.9 Å². The van der Waals surface area contributed by atoms with Gasteiger partial charge in [-0.25, -0.2) is 0 Å². The number of carbonyl (C=O) groups excluding carboxylic acids is 2. The maximum Gasteiger partial charge on any atom is 0.198 e. The van der Waals surface area contributed by atoms with Crippen LogP contribution in [0.5, 0.6) is 11.5 Å². The van der Waals surface area contributed by atoms with Crippen LogP contribution in [0.2, 0.25) is 0 Å². The Morgan fingerprint density at radius 1 is 1.16 bits per heavy atom. The highest BCUT2D eigenvalue weighted by Gasteiger charge is 2.49. The molecule has 1 aliphatic heterocycles. The lowest BCUT2D eigenvalue weighted by Crippen LogP contribution is -2.52. The van der Waals surface area contributed by atoms with Gasteiger partial charge >= 0.3 is 0 Å². The zero-order valence-corrected chi connectivity index (χ0v) is 20.8. The molecule has 37 heavy (non-hydrogen) atoms. The van der Waals surface area contributed by atoms with Gasteiger partial charge in [0.05, 0.1) is 42.1 Å². The molecule has 3 aliphatic rings. The molecule has 1 saturated heterocycles. The topological polar surface area (TPSA) is 169 Å². The summed E-state index contributed by atoms with van der Waals surface area (Å²) in [6.45, 7) is 3.35. The molecule has 2 aromatic rings. The number of ketones is 2. The van der Waals surface area contributed by atoms with Crippen molar-refractivity contribution in [2.45, 2.75) is 75.5 Å². The van der Waals surface area contributed by atoms with Crippen LogP contribution in [0.4, 0.5) is 0 Å². The molecule has 0 radical (unpaired) electrons. The molecule has 0 amide bonds. The lowest BCUT2D eigenvalue weighted by molar-refractivity contribution is -0.252. The lowest BCUT2D eigenvalue weighted by atomic mass is 9.71. The fourth-order valence-corrected chi connectivity index (χ4v) is 5.69. The zero-order valence-electron chi connectivity index (χ0n) is 20.8. The quantitative estimate of drug-likeness (QED) is 0.346. The van der Waals surface area contributed by atoms with Crippen LogP contribution in [-0.2, 0) is 9.47 Å². The monoisotopic (exact) mass is 513 g/mol. The van der Waals surface area contributed by atoms with E-state index in [2.05, 4.69) is 0 Å². The van der Waals surface area contributed by atoms with Gasteiger partial charge in [0, 0.05) is 35.6 Å². The number of aliphatic hydroxyl groups excluding tert-OH is 2. The normalized spacial score (nSPS) is 32.9. The second-order valence-electron chi connectivity index (χ2n) is 10.0. The molecule has 6 N–H and O–H groups in total. The molecular weight excluding hydrogens is 482 g/mol. The van der Waals surface area contributed by atoms with E-state index in [9.17, 15) is 30.0 Å². The molecule has 0 bridgehead atoms. The number of carbonyl (C=O) groups is 2. The van der Waals surface area contributed by atoms with E-state index in [1.54, 1.807) is 26.0 Å². The molecule has 0 saturated carbocycles. The smallest absolute Gasteiger partial charge is 0.198 e. The number of hydrogen-bond donors (Lipinski definition) is 5. The Hall–Kier alpha value is -2.86. The number of fused-ring (bicyclic) bond motifs is 3. The van der Waals surface area contributed by atoms with E-state index in [1.807, 2.05) is 0 Å². The minimum Gasteiger partial charge on any atom is -0.507 e. The van der Waals surface area contributed by atoms with Crippen molar-refractivity contribution < 1.29 is 44.2 Å². The third kappa shape index (κ3) is 3.87. The van der Waals surface area contributed by atoms with Crippen LogP contribution in [0.3, 0.4) is 0 Å². The minimum absolute atomic E-state index is 0.0500. The maximum absolute atomic E-state index is 13.6. The predicted octanol–water partition coefficient (Wildman–Crippen LogP) is 1.64. The Bertz CT molecular complexity index is 1270. The Kier molecular flexibility index (Phi) is 6.38. The third-order valence-corrected chi connectivity index (χ3v) is 7.91. The molecule has 7 atom stereocenters. The van der Waals surface area contributed by atoms with Crippen LogP contribution in [-0.4, -0.2) is 69.2 Å². The standard InChI is InChI=1S/C27H31NO9/c1-4-27(34)10-17(37-18-9-15(28)22(29)11(2)36-18)13-8-14-20(25(32)21(13)26(27)33)23(30)12-6-5-7-16(35-3)19(12)24(14)31/h5-8,11,15,17-18,22,26,29,32-34H,4,9-10,28H2,1-3H3. The Labute approximate surface area is 213 Å². The van der Waals surface area contributed by atoms with Crippen LogP contribution in [0.15, 0.2) is 24.3 Å². The van der Waals surface area contributed by atoms with Crippen LogP contribution in [0, 0.1) is 0 Å². The molecule has 1 heterocycles. The van der Waals surface area contributed by atoms with E-state index < -0.39 is 59.7 Å². The second-order valence-corrected chi connectivity index (χ2v) is 10.0. The fraction of sp³-hybridized carbons (Fsp3) is 0.481. The molecule has 1 fully saturated rings. The summed E-state index contributed by atoms with van der Waals surface area (Å²) in [5.74, 6) is -1.46. The first-order valence-electron chi connectivity index (χ1n) is 12.3. The van der Waals surface area contributed by atoms with Crippen molar-refractivity contribution in [1.82, 2.24) is 0 Å². The predicted molar refractivity (Wildman–Crippen MR) is 130 cm³/mol. The Morgan fingerprint density at radius 3 is 2.51 bits per heavy atom. The van der Waals surface area contributed by atoms with Gasteiger partial charge in [-0.3, -0.25) is 9.59 Å². The summed E-state index contributed by atoms with van der Waals surface area (Å²) >= 11 is 0. The summed E-state index contributed by atoms with van der Waals surface area (Å²) in [6.07, 6.45) is -4.55. The van der Waals surface area contributed by atoms with Gasteiger partial charge in [-0.15, -0.1) is 0 Å². The van der Waals surface area contributed by atoms with Crippen molar-refractivity contribution in [3.05, 3.63) is 57.6 Å². The summed E-state index contributed by atoms with van der Waals surface area (Å²) in [4.78, 5) is 27.1. The number of ether oxygens (including phenoxy) is 3. The Morgan fingerprint density at radius 2 is 1.86 bits per heavy atom. The largest absolute Gasteiger partial charge is 0.507 e. The number of phenols is 1. The van der Waals surface area contributed by atoms with Gasteiger partial charge in [-0.05, 0) is 31.0 Å². The highest BCUT2D eigenvalue weighted by atomic mass is 16.7. The molecular formula is C27H31NO9. The fourth-order valence-electron chi connectivity index (χ4n) is 5.69. The van der Waals surface area contributed by atoms with Crippen molar-refractivity contribution in [2.24, 2.45) is 5.73 Å². The molecule has 198 valence electrons. The second kappa shape index (κ2) is 9.16. The summed E-state index contributed by atoms with van der Waals surface area (Å²) in [5, 5.41) is 44.0. The Balaban J connectivity index is 1.65. The molecule has 0 aromatic heterocycles. The average molecular weight is 514 g/mol. The summed E-state index contributed by atoms with van der Waals surface area (Å²) in [6, 6.07) is 5.45. The SMILES string of the molecule is CCC1(O)CC(OC2CC(N)C(O)C(C)O2)c2cc3c(c(O)c2C1O)C(=O)c1cccc(OC)c1C3=O. The van der Waals surface area contributed by atoms with Gasteiger partial charge in [-0.1, -0.05) is 19.1 Å². The molecule has 10 heteroatoms. The summed E-state index contributed by atoms with van der Waals surface area (Å²) in [5.41, 5.74) is 4.43. The van der Waals surface area contributed by atoms with E-state index in [1.165, 1.54) is 19.2 Å². The summed E-state index contributed by atoms with van der Waals surface area (Å²) < 4.78 is 17.3. The van der Waals surface area contributed by atoms with Crippen molar-refractivity contribution in [3.8, 4) is 11.5 Å². The molecule has 5 rings (SSSR count). The van der Waals surface area contributed by atoms with Crippen molar-refractivity contribution in [1.29, 1.82) is 0 Å². The van der Waals surface area contributed by atoms with Crippen LogP contribution in [0.25, 0.3) is 0 Å². The van der Waals surface area contributed by atoms with Crippen LogP contribution < -0.4 is 10.5 Å². The first-order valence-corrected chi connectivity index (χ1v) is 12.3. The van der Waals surface area contributed by atoms with Gasteiger partial charge in [0.2, 0.25) is 0 Å². The minimum atomic E-state index is -1.69. The number of hydrogen-bond acceptors (Lipinski definition) is 10. The number of aliphatic hydroxyl groups is 3. The van der Waals surface area contributed by atoms with Gasteiger partial charge in [0.1, 0.15) is 17.6 Å². The van der Waals surface area contributed by atoms with Crippen molar-refractivity contribution in [2.75, 3.05) is 7.11 Å². The molecule has 10 nitrogen and oxygen atoms in total. The average Bonchev–Trinajstić information content (AvgIpc) is 2.87. The maximum atomic E-state index is 13.6. The van der Waals surface area contributed by atoms with Gasteiger partial charge in [0.15, 0.2) is 17.9 Å². The summed E-state index contributed by atoms with van der Waals surface area (Å²) in [7, 11) is 1.39. The lowest BCUT2D eigenvalue weighted by Gasteiger charge is -2.44. The molecule has 7 unspecified atom stereocenters. The van der Waals surface area contributed by atoms with E-state index in [0.717, 1.165) is 0 Å². The van der Waals surface area contributed by atoms with E-state index >= 15 is 0 Å². The highest BCUT2D eigenvalue weighted by molar-refractivity contribution is 6.30. The van der Waals surface area contributed by atoms with E-state index in [-0.39, 0.29) is 58.4 Å². The number of benzene rings is 2. The third-order valence-electron chi connectivity index (χ3n) is 7.91. The number of nitrogens with two attached hydrogens (primary N) is 1. The first-order chi connectivity index (χ1) is 17.5. The number of phenolic OH excluding ortho intramolecular Hbond substituents is 1.